The highest BCUT2D eigenvalue weighted by Crippen LogP contribution is 2.35. The molecule has 0 unspecified atom stereocenters. The van der Waals surface area contributed by atoms with E-state index in [4.69, 9.17) is 0 Å². The lowest BCUT2D eigenvalue weighted by Crippen LogP contribution is -2.10. The van der Waals surface area contributed by atoms with Gasteiger partial charge in [0.2, 0.25) is 0 Å². The van der Waals surface area contributed by atoms with Crippen molar-refractivity contribution in [1.29, 1.82) is 0 Å². The maximum Gasteiger partial charge on any atom is 0.0739 e. The maximum atomic E-state index is 4.61. The minimum atomic E-state index is 0.758. The highest BCUT2D eigenvalue weighted by molar-refractivity contribution is 7.78. The second-order valence-corrected chi connectivity index (χ2v) is 6.93. The normalized spacial score (nSPS) is 20.7. The van der Waals surface area contributed by atoms with Crippen LogP contribution in [0.1, 0.15) is 55.2 Å². The molecule has 1 aliphatic carbocycles. The molecule has 1 aliphatic rings. The van der Waals surface area contributed by atoms with E-state index >= 15 is 0 Å². The summed E-state index contributed by atoms with van der Waals surface area (Å²) < 4.78 is 0. The molecule has 0 radical (unpaired) electrons. The number of isothiocyanates is 1. The minimum absolute atomic E-state index is 0.758. The highest BCUT2D eigenvalue weighted by Gasteiger charge is 2.19. The second kappa shape index (κ2) is 8.19. The number of hydrogen-bond donors (Lipinski definition) is 0. The predicted octanol–water partition coefficient (Wildman–Crippen LogP) is 6.89. The summed E-state index contributed by atoms with van der Waals surface area (Å²) in [6.45, 7) is 2.37. The van der Waals surface area contributed by atoms with Gasteiger partial charge in [-0.15, -0.1) is 0 Å². The number of rotatable bonds is 4. The van der Waals surface area contributed by atoms with Crippen LogP contribution in [0.25, 0.3) is 12.2 Å². The quantitative estimate of drug-likeness (QED) is 0.337. The van der Waals surface area contributed by atoms with Crippen LogP contribution in [0.15, 0.2) is 53.5 Å². The van der Waals surface area contributed by atoms with Crippen LogP contribution in [0.5, 0.6) is 0 Å². The molecule has 0 bridgehead atoms. The van der Waals surface area contributed by atoms with Crippen LogP contribution in [-0.4, -0.2) is 5.16 Å². The summed E-state index contributed by atoms with van der Waals surface area (Å²) in [4.78, 5) is 3.97. The molecule has 3 rings (SSSR count). The SMILES string of the molecule is CC1CCC(c2ccc(C=Cc3ccc(N=C=S)cc3)cc2)CC1. The Morgan fingerprint density at radius 1 is 0.875 bits per heavy atom. The van der Waals surface area contributed by atoms with E-state index in [0.29, 0.717) is 0 Å². The van der Waals surface area contributed by atoms with Crippen LogP contribution in [-0.2, 0) is 0 Å². The average molecular weight is 334 g/mol. The van der Waals surface area contributed by atoms with Gasteiger partial charge < -0.3 is 0 Å². The summed E-state index contributed by atoms with van der Waals surface area (Å²) in [5, 5.41) is 2.39. The molecule has 0 spiro atoms. The Kier molecular flexibility index (Phi) is 5.74. The van der Waals surface area contributed by atoms with E-state index in [1.807, 2.05) is 24.3 Å². The number of thiocarbonyl (C=S) groups is 1. The van der Waals surface area contributed by atoms with Gasteiger partial charge in [-0.3, -0.25) is 0 Å². The van der Waals surface area contributed by atoms with Crippen molar-refractivity contribution in [2.24, 2.45) is 10.9 Å². The van der Waals surface area contributed by atoms with Gasteiger partial charge in [-0.1, -0.05) is 68.3 Å². The van der Waals surface area contributed by atoms with E-state index in [9.17, 15) is 0 Å². The van der Waals surface area contributed by atoms with Crippen molar-refractivity contribution in [3.63, 3.8) is 0 Å². The fourth-order valence-corrected chi connectivity index (χ4v) is 3.48. The number of benzene rings is 2. The molecule has 0 heterocycles. The van der Waals surface area contributed by atoms with Crippen LogP contribution < -0.4 is 0 Å². The molecule has 1 saturated carbocycles. The lowest BCUT2D eigenvalue weighted by atomic mass is 9.79. The summed E-state index contributed by atoms with van der Waals surface area (Å²) in [5.74, 6) is 1.66. The van der Waals surface area contributed by atoms with Crippen LogP contribution in [0.3, 0.4) is 0 Å². The molecule has 0 aromatic heterocycles. The average Bonchev–Trinajstić information content (AvgIpc) is 2.63. The third kappa shape index (κ3) is 4.50. The van der Waals surface area contributed by atoms with Crippen LogP contribution in [0.2, 0.25) is 0 Å². The van der Waals surface area contributed by atoms with E-state index in [0.717, 1.165) is 23.1 Å². The Labute approximate surface area is 150 Å². The molecule has 0 aliphatic heterocycles. The molecule has 2 aromatic carbocycles. The van der Waals surface area contributed by atoms with Crippen LogP contribution in [0.4, 0.5) is 5.69 Å². The minimum Gasteiger partial charge on any atom is -0.195 e. The Hall–Kier alpha value is -2.02. The van der Waals surface area contributed by atoms with Gasteiger partial charge in [-0.2, -0.15) is 4.99 Å². The zero-order valence-electron chi connectivity index (χ0n) is 14.1. The molecule has 24 heavy (non-hydrogen) atoms. The van der Waals surface area contributed by atoms with E-state index < -0.39 is 0 Å². The van der Waals surface area contributed by atoms with Crippen molar-refractivity contribution in [2.75, 3.05) is 0 Å². The predicted molar refractivity (Wildman–Crippen MR) is 107 cm³/mol. The van der Waals surface area contributed by atoms with Gasteiger partial charge in [-0.25, -0.2) is 0 Å². The monoisotopic (exact) mass is 333 g/mol. The van der Waals surface area contributed by atoms with Gasteiger partial charge >= 0.3 is 0 Å². The smallest absolute Gasteiger partial charge is 0.0739 e. The largest absolute Gasteiger partial charge is 0.195 e. The number of hydrogen-bond acceptors (Lipinski definition) is 2. The molecule has 0 saturated heterocycles. The Balaban J connectivity index is 1.64. The fraction of sp³-hybridized carbons (Fsp3) is 0.318. The summed E-state index contributed by atoms with van der Waals surface area (Å²) >= 11 is 4.61. The molecular weight excluding hydrogens is 310 g/mol. The molecule has 0 atom stereocenters. The molecule has 0 N–H and O–H groups in total. The topological polar surface area (TPSA) is 12.4 Å². The Morgan fingerprint density at radius 2 is 1.42 bits per heavy atom. The van der Waals surface area contributed by atoms with Crippen molar-refractivity contribution < 1.29 is 0 Å². The third-order valence-corrected chi connectivity index (χ3v) is 5.05. The summed E-state index contributed by atoms with van der Waals surface area (Å²) in [6.07, 6.45) is 9.71. The molecule has 122 valence electrons. The van der Waals surface area contributed by atoms with Gasteiger partial charge in [0, 0.05) is 0 Å². The van der Waals surface area contributed by atoms with Gasteiger partial charge in [0.1, 0.15) is 0 Å². The third-order valence-electron chi connectivity index (χ3n) is 4.96. The molecule has 1 fully saturated rings. The lowest BCUT2D eigenvalue weighted by Gasteiger charge is -2.26. The zero-order valence-corrected chi connectivity index (χ0v) is 14.9. The van der Waals surface area contributed by atoms with Gasteiger partial charge in [0.05, 0.1) is 10.8 Å². The first kappa shape index (κ1) is 16.8. The zero-order chi connectivity index (χ0) is 16.8. The van der Waals surface area contributed by atoms with Crippen molar-refractivity contribution in [3.05, 3.63) is 65.2 Å². The first-order valence-electron chi connectivity index (χ1n) is 8.70. The molecular formula is C22H23NS. The van der Waals surface area contributed by atoms with Gasteiger partial charge in [-0.05, 0) is 65.7 Å². The summed E-state index contributed by atoms with van der Waals surface area (Å²) in [7, 11) is 0. The van der Waals surface area contributed by atoms with E-state index in [1.54, 1.807) is 0 Å². The fourth-order valence-electron chi connectivity index (χ4n) is 3.38. The number of nitrogens with zero attached hydrogens (tertiary/aromatic N) is 1. The molecule has 1 nitrogen and oxygen atoms in total. The van der Waals surface area contributed by atoms with Gasteiger partial charge in [0.25, 0.3) is 0 Å². The van der Waals surface area contributed by atoms with E-state index in [1.165, 1.54) is 36.8 Å². The van der Waals surface area contributed by atoms with Crippen molar-refractivity contribution in [2.45, 2.75) is 38.5 Å². The van der Waals surface area contributed by atoms with Gasteiger partial charge in [0.15, 0.2) is 0 Å². The second-order valence-electron chi connectivity index (χ2n) is 6.75. The Morgan fingerprint density at radius 3 is 1.96 bits per heavy atom. The van der Waals surface area contributed by atoms with Crippen molar-refractivity contribution in [3.8, 4) is 0 Å². The van der Waals surface area contributed by atoms with Crippen molar-refractivity contribution >= 4 is 35.2 Å². The Bertz CT molecular complexity index is 729. The van der Waals surface area contributed by atoms with Crippen molar-refractivity contribution in [1.82, 2.24) is 0 Å². The first-order valence-corrected chi connectivity index (χ1v) is 9.11. The first-order chi connectivity index (χ1) is 11.7. The molecule has 2 heteroatoms. The van der Waals surface area contributed by atoms with Crippen LogP contribution >= 0.6 is 12.2 Å². The standard InChI is InChI=1S/C22H23NS/c1-17-2-10-20(11-3-17)21-12-6-18(7-13-21)4-5-19-8-14-22(15-9-19)23-16-24/h4-9,12-15,17,20H,2-3,10-11H2,1H3. The van der Waals surface area contributed by atoms with E-state index in [2.05, 4.69) is 65.7 Å². The number of aliphatic imine (C=N–C) groups is 1. The molecule has 2 aromatic rings. The maximum absolute atomic E-state index is 4.61. The van der Waals surface area contributed by atoms with E-state index in [-0.39, 0.29) is 0 Å². The summed E-state index contributed by atoms with van der Waals surface area (Å²) in [5.41, 5.74) is 4.74. The highest BCUT2D eigenvalue weighted by atomic mass is 32.1. The summed E-state index contributed by atoms with van der Waals surface area (Å²) in [6, 6.07) is 17.1. The lowest BCUT2D eigenvalue weighted by molar-refractivity contribution is 0.348. The van der Waals surface area contributed by atoms with Crippen LogP contribution in [0, 0.1) is 5.92 Å². The molecule has 0 amide bonds.